The summed E-state index contributed by atoms with van der Waals surface area (Å²) >= 11 is 0. The Morgan fingerprint density at radius 2 is 1.69 bits per heavy atom. The first-order chi connectivity index (χ1) is 5.94. The molecule has 1 amide bonds. The summed E-state index contributed by atoms with van der Waals surface area (Å²) in [6.07, 6.45) is 0. The van der Waals surface area contributed by atoms with Crippen LogP contribution in [0.2, 0.25) is 0 Å². The first kappa shape index (κ1) is 9.66. The third-order valence-corrected chi connectivity index (χ3v) is 2.81. The van der Waals surface area contributed by atoms with E-state index in [1.54, 1.807) is 0 Å². The van der Waals surface area contributed by atoms with E-state index in [9.17, 15) is 17.6 Å². The van der Waals surface area contributed by atoms with E-state index in [-0.39, 0.29) is 4.90 Å². The van der Waals surface area contributed by atoms with E-state index >= 15 is 0 Å². The van der Waals surface area contributed by atoms with Crippen LogP contribution in [-0.4, -0.2) is 13.7 Å². The maximum absolute atomic E-state index is 12.4. The molecule has 0 spiro atoms. The van der Waals surface area contributed by atoms with Gasteiger partial charge in [-0.2, -0.15) is 0 Å². The lowest BCUT2D eigenvalue weighted by atomic mass is 10.4. The molecule has 0 atom stereocenters. The number of carbonyl (C=O) groups excluding carboxylic acids is 1. The Morgan fingerprint density at radius 1 is 1.23 bits per heavy atom. The SMILES string of the molecule is NC(=O)S(=O)(=O)c1ccc(F)cc1. The summed E-state index contributed by atoms with van der Waals surface area (Å²) in [6, 6.07) is 3.84. The second-order valence-electron chi connectivity index (χ2n) is 2.28. The van der Waals surface area contributed by atoms with Crippen molar-refractivity contribution in [1.82, 2.24) is 0 Å². The first-order valence-corrected chi connectivity index (χ1v) is 4.73. The Kier molecular flexibility index (Phi) is 2.33. The van der Waals surface area contributed by atoms with E-state index in [0.717, 1.165) is 24.3 Å². The van der Waals surface area contributed by atoms with Gasteiger partial charge in [0.1, 0.15) is 5.82 Å². The van der Waals surface area contributed by atoms with Crippen molar-refractivity contribution in [1.29, 1.82) is 0 Å². The van der Waals surface area contributed by atoms with Crippen molar-refractivity contribution in [3.8, 4) is 0 Å². The number of carbonyl (C=O) groups is 1. The lowest BCUT2D eigenvalue weighted by Gasteiger charge is -1.98. The smallest absolute Gasteiger partial charge is 0.338 e. The summed E-state index contributed by atoms with van der Waals surface area (Å²) in [4.78, 5) is 10.1. The molecule has 1 aromatic rings. The first-order valence-electron chi connectivity index (χ1n) is 3.24. The maximum Gasteiger partial charge on any atom is 0.338 e. The molecule has 0 aromatic heterocycles. The van der Waals surface area contributed by atoms with Crippen LogP contribution in [0, 0.1) is 5.82 Å². The summed E-state index contributed by atoms with van der Waals surface area (Å²) in [7, 11) is -4.12. The van der Waals surface area contributed by atoms with Crippen LogP contribution >= 0.6 is 0 Å². The average molecular weight is 203 g/mol. The largest absolute Gasteiger partial charge is 0.356 e. The highest BCUT2D eigenvalue weighted by atomic mass is 32.2. The molecule has 0 bridgehead atoms. The molecule has 0 fully saturated rings. The highest BCUT2D eigenvalue weighted by Gasteiger charge is 2.20. The lowest BCUT2D eigenvalue weighted by molar-refractivity contribution is 0.265. The van der Waals surface area contributed by atoms with E-state index in [4.69, 9.17) is 0 Å². The minimum atomic E-state index is -4.12. The molecule has 0 saturated heterocycles. The predicted molar refractivity (Wildman–Crippen MR) is 43.2 cm³/mol. The number of amides is 1. The quantitative estimate of drug-likeness (QED) is 0.681. The van der Waals surface area contributed by atoms with Crippen molar-refractivity contribution >= 4 is 15.1 Å². The van der Waals surface area contributed by atoms with Gasteiger partial charge in [0, 0.05) is 0 Å². The molecule has 0 heterocycles. The van der Waals surface area contributed by atoms with E-state index in [1.807, 2.05) is 0 Å². The van der Waals surface area contributed by atoms with Gasteiger partial charge in [-0.25, -0.2) is 12.8 Å². The molecule has 13 heavy (non-hydrogen) atoms. The standard InChI is InChI=1S/C7H6FNO3S/c8-5-1-3-6(4-2-5)13(11,12)7(9)10/h1-4H,(H2,9,10). The fourth-order valence-corrected chi connectivity index (χ4v) is 1.46. The molecule has 2 N–H and O–H groups in total. The third kappa shape index (κ3) is 1.83. The lowest BCUT2D eigenvalue weighted by Crippen LogP contribution is -2.21. The molecule has 70 valence electrons. The highest BCUT2D eigenvalue weighted by Crippen LogP contribution is 2.11. The molecule has 0 saturated carbocycles. The van der Waals surface area contributed by atoms with Crippen LogP contribution in [-0.2, 0) is 9.84 Å². The van der Waals surface area contributed by atoms with Gasteiger partial charge in [-0.15, -0.1) is 0 Å². The van der Waals surface area contributed by atoms with Crippen LogP contribution in [0.4, 0.5) is 9.18 Å². The van der Waals surface area contributed by atoms with Crippen LogP contribution in [0.3, 0.4) is 0 Å². The van der Waals surface area contributed by atoms with E-state index in [1.165, 1.54) is 0 Å². The van der Waals surface area contributed by atoms with Gasteiger partial charge in [0.2, 0.25) is 0 Å². The fraction of sp³-hybridized carbons (Fsp3) is 0. The number of rotatable bonds is 1. The van der Waals surface area contributed by atoms with Gasteiger partial charge in [-0.1, -0.05) is 0 Å². The molecule has 6 heteroatoms. The topological polar surface area (TPSA) is 77.2 Å². The van der Waals surface area contributed by atoms with Crippen molar-refractivity contribution in [3.63, 3.8) is 0 Å². The Bertz CT molecular complexity index is 424. The van der Waals surface area contributed by atoms with E-state index < -0.39 is 20.9 Å². The predicted octanol–water partition coefficient (Wildman–Crippen LogP) is 0.678. The van der Waals surface area contributed by atoms with E-state index in [2.05, 4.69) is 5.73 Å². The zero-order chi connectivity index (χ0) is 10.1. The van der Waals surface area contributed by atoms with Gasteiger partial charge in [0.15, 0.2) is 0 Å². The molecule has 1 aromatic carbocycles. The normalized spacial score (nSPS) is 11.2. The molecular weight excluding hydrogens is 197 g/mol. The van der Waals surface area contributed by atoms with Crippen LogP contribution in [0.1, 0.15) is 0 Å². The van der Waals surface area contributed by atoms with Gasteiger partial charge in [-0.3, -0.25) is 4.79 Å². The molecule has 0 unspecified atom stereocenters. The third-order valence-electron chi connectivity index (χ3n) is 1.39. The van der Waals surface area contributed by atoms with Crippen molar-refractivity contribution in [3.05, 3.63) is 30.1 Å². The number of hydrogen-bond acceptors (Lipinski definition) is 3. The summed E-state index contributed by atoms with van der Waals surface area (Å²) in [5.74, 6) is -0.580. The van der Waals surface area contributed by atoms with Crippen LogP contribution in [0.25, 0.3) is 0 Å². The number of primary amides is 1. The summed E-state index contributed by atoms with van der Waals surface area (Å²) < 4.78 is 34.5. The molecule has 4 nitrogen and oxygen atoms in total. The Labute approximate surface area is 74.1 Å². The molecule has 0 aliphatic heterocycles. The Hall–Kier alpha value is -1.43. The number of sulfone groups is 1. The molecule has 1 rings (SSSR count). The van der Waals surface area contributed by atoms with Gasteiger partial charge in [0.25, 0.3) is 9.84 Å². The summed E-state index contributed by atoms with van der Waals surface area (Å²) in [5, 5.41) is -1.45. The number of halogens is 1. The molecular formula is C7H6FNO3S. The van der Waals surface area contributed by atoms with Gasteiger partial charge in [0.05, 0.1) is 4.90 Å². The second kappa shape index (κ2) is 3.14. The zero-order valence-electron chi connectivity index (χ0n) is 6.40. The summed E-state index contributed by atoms with van der Waals surface area (Å²) in [5.41, 5.74) is 4.62. The van der Waals surface area contributed by atoms with Gasteiger partial charge >= 0.3 is 5.24 Å². The van der Waals surface area contributed by atoms with Crippen molar-refractivity contribution in [2.75, 3.05) is 0 Å². The second-order valence-corrected chi connectivity index (χ2v) is 4.16. The Balaban J connectivity index is 3.25. The highest BCUT2D eigenvalue weighted by molar-refractivity contribution is 8.06. The minimum absolute atomic E-state index is 0.304. The van der Waals surface area contributed by atoms with Crippen LogP contribution in [0.5, 0.6) is 0 Å². The van der Waals surface area contributed by atoms with Crippen LogP contribution < -0.4 is 5.73 Å². The van der Waals surface area contributed by atoms with Crippen molar-refractivity contribution < 1.29 is 17.6 Å². The van der Waals surface area contributed by atoms with Crippen molar-refractivity contribution in [2.45, 2.75) is 4.90 Å². The van der Waals surface area contributed by atoms with Gasteiger partial charge < -0.3 is 5.73 Å². The number of hydrogen-bond donors (Lipinski definition) is 1. The molecule has 0 aliphatic carbocycles. The Morgan fingerprint density at radius 3 is 2.08 bits per heavy atom. The zero-order valence-corrected chi connectivity index (χ0v) is 7.21. The van der Waals surface area contributed by atoms with Crippen molar-refractivity contribution in [2.24, 2.45) is 5.73 Å². The monoisotopic (exact) mass is 203 g/mol. The molecule has 0 radical (unpaired) electrons. The molecule has 0 aliphatic rings. The number of nitrogens with two attached hydrogens (primary N) is 1. The van der Waals surface area contributed by atoms with E-state index in [0.29, 0.717) is 0 Å². The van der Waals surface area contributed by atoms with Gasteiger partial charge in [-0.05, 0) is 24.3 Å². The average Bonchev–Trinajstić information content (AvgIpc) is 2.04. The minimum Gasteiger partial charge on any atom is -0.356 e. The fourth-order valence-electron chi connectivity index (χ4n) is 0.730. The maximum atomic E-state index is 12.4. The van der Waals surface area contributed by atoms with Crippen LogP contribution in [0.15, 0.2) is 29.2 Å². The summed E-state index contributed by atoms with van der Waals surface area (Å²) in [6.45, 7) is 0. The number of benzene rings is 1.